The summed E-state index contributed by atoms with van der Waals surface area (Å²) in [6, 6.07) is 16.0. The van der Waals surface area contributed by atoms with E-state index in [1.165, 1.54) is 16.3 Å². The first kappa shape index (κ1) is 16.9. The van der Waals surface area contributed by atoms with Crippen LogP contribution in [0.1, 0.15) is 37.8 Å². The molecule has 1 saturated carbocycles. The van der Waals surface area contributed by atoms with Crippen LogP contribution >= 0.6 is 11.8 Å². The van der Waals surface area contributed by atoms with Gasteiger partial charge in [-0.2, -0.15) is 11.8 Å². The molecule has 25 heavy (non-hydrogen) atoms. The first-order valence-electron chi connectivity index (χ1n) is 9.33. The number of carbonyl (C=O) groups is 1. The fraction of sp³-hybridized carbons (Fsp3) is 0.476. The molecule has 0 spiro atoms. The number of thioether (sulfide) groups is 1. The first-order valence-corrected chi connectivity index (χ1v) is 10.5. The second-order valence-corrected chi connectivity index (χ2v) is 8.39. The highest BCUT2D eigenvalue weighted by molar-refractivity contribution is 7.99. The molecule has 132 valence electrons. The molecule has 2 aromatic carbocycles. The molecular formula is C21H26N2OS. The third kappa shape index (κ3) is 3.85. The Hall–Kier alpha value is -1.52. The van der Waals surface area contributed by atoms with E-state index < -0.39 is 0 Å². The van der Waals surface area contributed by atoms with E-state index in [0.29, 0.717) is 24.4 Å². The maximum Gasteiger partial charge on any atom is 0.224 e. The summed E-state index contributed by atoms with van der Waals surface area (Å²) in [6.07, 6.45) is 2.93. The predicted molar refractivity (Wildman–Crippen MR) is 106 cm³/mol. The van der Waals surface area contributed by atoms with E-state index in [1.807, 2.05) is 11.8 Å². The molecule has 1 amide bonds. The number of rotatable bonds is 5. The zero-order valence-electron chi connectivity index (χ0n) is 14.8. The van der Waals surface area contributed by atoms with Crippen molar-refractivity contribution in [2.24, 2.45) is 0 Å². The van der Waals surface area contributed by atoms with Crippen molar-refractivity contribution < 1.29 is 4.79 Å². The van der Waals surface area contributed by atoms with Crippen LogP contribution in [-0.4, -0.2) is 40.9 Å². The fourth-order valence-electron chi connectivity index (χ4n) is 3.78. The molecule has 1 aliphatic heterocycles. The Labute approximate surface area is 154 Å². The summed E-state index contributed by atoms with van der Waals surface area (Å²) >= 11 is 1.95. The van der Waals surface area contributed by atoms with Gasteiger partial charge in [-0.1, -0.05) is 36.4 Å². The molecule has 2 unspecified atom stereocenters. The van der Waals surface area contributed by atoms with Gasteiger partial charge in [0.15, 0.2) is 0 Å². The maximum absolute atomic E-state index is 13.0. The van der Waals surface area contributed by atoms with Crippen molar-refractivity contribution in [3.63, 3.8) is 0 Å². The molecule has 2 aromatic rings. The smallest absolute Gasteiger partial charge is 0.224 e. The molecule has 1 saturated heterocycles. The summed E-state index contributed by atoms with van der Waals surface area (Å²) < 4.78 is 0. The quantitative estimate of drug-likeness (QED) is 0.881. The number of hydrogen-bond donors (Lipinski definition) is 1. The van der Waals surface area contributed by atoms with Crippen LogP contribution in [0.2, 0.25) is 0 Å². The Kier molecular flexibility index (Phi) is 5.00. The lowest BCUT2D eigenvalue weighted by Crippen LogP contribution is -2.44. The van der Waals surface area contributed by atoms with Crippen molar-refractivity contribution in [3.8, 4) is 0 Å². The van der Waals surface area contributed by atoms with E-state index in [0.717, 1.165) is 30.9 Å². The third-order valence-electron chi connectivity index (χ3n) is 5.32. The number of nitrogens with zero attached hydrogens (tertiary/aromatic N) is 1. The molecule has 0 radical (unpaired) electrons. The Balaban J connectivity index is 1.53. The van der Waals surface area contributed by atoms with Crippen LogP contribution in [0.15, 0.2) is 42.5 Å². The Morgan fingerprint density at radius 1 is 1.24 bits per heavy atom. The van der Waals surface area contributed by atoms with Crippen molar-refractivity contribution in [3.05, 3.63) is 48.0 Å². The van der Waals surface area contributed by atoms with Gasteiger partial charge in [-0.25, -0.2) is 0 Å². The van der Waals surface area contributed by atoms with Crippen molar-refractivity contribution in [2.45, 2.75) is 44.3 Å². The number of benzene rings is 2. The van der Waals surface area contributed by atoms with Gasteiger partial charge in [0.05, 0.1) is 6.04 Å². The highest BCUT2D eigenvalue weighted by Crippen LogP contribution is 2.36. The van der Waals surface area contributed by atoms with Crippen LogP contribution in [0.4, 0.5) is 0 Å². The molecule has 1 heterocycles. The zero-order valence-corrected chi connectivity index (χ0v) is 15.6. The normalized spacial score (nSPS) is 21.9. The molecule has 2 atom stereocenters. The van der Waals surface area contributed by atoms with E-state index in [4.69, 9.17) is 0 Å². The van der Waals surface area contributed by atoms with Gasteiger partial charge < -0.3 is 10.2 Å². The summed E-state index contributed by atoms with van der Waals surface area (Å²) in [5.74, 6) is 2.52. The molecule has 0 aromatic heterocycles. The summed E-state index contributed by atoms with van der Waals surface area (Å²) in [5.41, 5.74) is 1.24. The lowest BCUT2D eigenvalue weighted by atomic mass is 10.0. The highest BCUT2D eigenvalue weighted by Gasteiger charge is 2.37. The molecule has 4 heteroatoms. The minimum absolute atomic E-state index is 0.140. The van der Waals surface area contributed by atoms with E-state index in [-0.39, 0.29) is 6.04 Å². The van der Waals surface area contributed by atoms with E-state index in [2.05, 4.69) is 59.6 Å². The highest BCUT2D eigenvalue weighted by atomic mass is 32.2. The van der Waals surface area contributed by atoms with Gasteiger partial charge in [-0.15, -0.1) is 0 Å². The molecule has 2 aliphatic rings. The molecule has 0 bridgehead atoms. The lowest BCUT2D eigenvalue weighted by molar-refractivity contribution is -0.134. The second kappa shape index (κ2) is 7.38. The summed E-state index contributed by atoms with van der Waals surface area (Å²) in [5, 5.41) is 6.00. The van der Waals surface area contributed by atoms with Crippen molar-refractivity contribution in [1.82, 2.24) is 10.2 Å². The Bertz CT molecular complexity index is 752. The Morgan fingerprint density at radius 3 is 2.76 bits per heavy atom. The number of amides is 1. The van der Waals surface area contributed by atoms with Gasteiger partial charge in [0.2, 0.25) is 5.91 Å². The minimum atomic E-state index is 0.140. The zero-order chi connectivity index (χ0) is 17.2. The number of hydrogen-bond acceptors (Lipinski definition) is 3. The monoisotopic (exact) mass is 354 g/mol. The topological polar surface area (TPSA) is 32.3 Å². The average molecular weight is 355 g/mol. The van der Waals surface area contributed by atoms with Gasteiger partial charge in [-0.05, 0) is 42.2 Å². The van der Waals surface area contributed by atoms with Crippen LogP contribution in [-0.2, 0) is 4.79 Å². The SMILES string of the molecule is CC(c1ccc2ccccc2c1)N(C(=O)CC1CSCCN1)C1CC1. The average Bonchev–Trinajstić information content (AvgIpc) is 3.47. The first-order chi connectivity index (χ1) is 12.2. The number of carbonyl (C=O) groups excluding carboxylic acids is 1. The van der Waals surface area contributed by atoms with Crippen LogP contribution in [0, 0.1) is 0 Å². The van der Waals surface area contributed by atoms with Crippen LogP contribution in [0.25, 0.3) is 10.8 Å². The molecule has 1 aliphatic carbocycles. The summed E-state index contributed by atoms with van der Waals surface area (Å²) in [4.78, 5) is 15.2. The predicted octanol–water partition coefficient (Wildman–Crippen LogP) is 3.99. The van der Waals surface area contributed by atoms with Crippen LogP contribution in [0.5, 0.6) is 0 Å². The number of nitrogens with one attached hydrogen (secondary N) is 1. The second-order valence-electron chi connectivity index (χ2n) is 7.24. The van der Waals surface area contributed by atoms with Gasteiger partial charge >= 0.3 is 0 Å². The third-order valence-corrected chi connectivity index (χ3v) is 6.45. The lowest BCUT2D eigenvalue weighted by Gasteiger charge is -2.32. The summed E-state index contributed by atoms with van der Waals surface area (Å²) in [7, 11) is 0. The Morgan fingerprint density at radius 2 is 2.04 bits per heavy atom. The van der Waals surface area contributed by atoms with E-state index in [9.17, 15) is 4.79 Å². The van der Waals surface area contributed by atoms with Gasteiger partial charge in [0.1, 0.15) is 0 Å². The molecule has 1 N–H and O–H groups in total. The van der Waals surface area contributed by atoms with Gasteiger partial charge in [-0.3, -0.25) is 4.79 Å². The van der Waals surface area contributed by atoms with Gasteiger partial charge in [0.25, 0.3) is 0 Å². The van der Waals surface area contributed by atoms with Crippen molar-refractivity contribution >= 4 is 28.4 Å². The largest absolute Gasteiger partial charge is 0.333 e. The van der Waals surface area contributed by atoms with Crippen molar-refractivity contribution in [2.75, 3.05) is 18.1 Å². The van der Waals surface area contributed by atoms with Crippen LogP contribution < -0.4 is 5.32 Å². The number of fused-ring (bicyclic) bond motifs is 1. The molecule has 4 rings (SSSR count). The minimum Gasteiger partial charge on any atom is -0.333 e. The summed E-state index contributed by atoms with van der Waals surface area (Å²) in [6.45, 7) is 3.20. The fourth-order valence-corrected chi connectivity index (χ4v) is 4.73. The molecule has 2 fully saturated rings. The van der Waals surface area contributed by atoms with E-state index >= 15 is 0 Å². The van der Waals surface area contributed by atoms with E-state index in [1.54, 1.807) is 0 Å². The maximum atomic E-state index is 13.0. The van der Waals surface area contributed by atoms with Crippen LogP contribution in [0.3, 0.4) is 0 Å². The van der Waals surface area contributed by atoms with Crippen molar-refractivity contribution in [1.29, 1.82) is 0 Å². The molecular weight excluding hydrogens is 328 g/mol. The van der Waals surface area contributed by atoms with Gasteiger partial charge in [0, 0.05) is 36.6 Å². The standard InChI is InChI=1S/C21H26N2OS/c1-15(17-7-6-16-4-2-3-5-18(16)12-17)23(20-8-9-20)21(24)13-19-14-25-11-10-22-19/h2-7,12,15,19-20,22H,8-11,13-14H2,1H3. The molecule has 3 nitrogen and oxygen atoms in total.